The van der Waals surface area contributed by atoms with Crippen molar-refractivity contribution in [3.05, 3.63) is 29.6 Å². The summed E-state index contributed by atoms with van der Waals surface area (Å²) in [6.45, 7) is 5.08. The van der Waals surface area contributed by atoms with Crippen molar-refractivity contribution in [2.24, 2.45) is 7.05 Å². The van der Waals surface area contributed by atoms with E-state index in [0.29, 0.717) is 30.0 Å². The molecule has 164 valence electrons. The molecule has 2 aromatic rings. The van der Waals surface area contributed by atoms with E-state index in [1.54, 1.807) is 44.2 Å². The number of thioether (sulfide) groups is 1. The van der Waals surface area contributed by atoms with Gasteiger partial charge in [0.05, 0.1) is 27.4 Å². The van der Waals surface area contributed by atoms with Gasteiger partial charge in [-0.3, -0.25) is 9.69 Å². The second-order valence-corrected chi connectivity index (χ2v) is 7.93. The van der Waals surface area contributed by atoms with Crippen molar-refractivity contribution in [2.45, 2.75) is 11.6 Å². The minimum atomic E-state index is -0.186. The molecule has 0 saturated carbocycles. The third kappa shape index (κ3) is 6.10. The van der Waals surface area contributed by atoms with Crippen LogP contribution in [0.15, 0.2) is 23.4 Å². The van der Waals surface area contributed by atoms with Crippen molar-refractivity contribution in [3.8, 4) is 11.5 Å². The number of benzene rings is 1. The largest absolute Gasteiger partial charge is 0.497 e. The highest BCUT2D eigenvalue weighted by Gasteiger charge is 2.14. The molecule has 1 aromatic heterocycles. The van der Waals surface area contributed by atoms with Gasteiger partial charge in [-0.25, -0.2) is 0 Å². The molecule has 1 aliphatic heterocycles. The smallest absolute Gasteiger partial charge is 0.251 e. The topological polar surface area (TPSA) is 90.7 Å². The van der Waals surface area contributed by atoms with Gasteiger partial charge in [-0.15, -0.1) is 10.2 Å². The number of rotatable bonds is 10. The van der Waals surface area contributed by atoms with Gasteiger partial charge in [0.15, 0.2) is 5.16 Å². The number of nitrogens with one attached hydrogen (secondary N) is 1. The maximum Gasteiger partial charge on any atom is 0.251 e. The van der Waals surface area contributed by atoms with Crippen LogP contribution in [0, 0.1) is 0 Å². The normalized spacial score (nSPS) is 14.5. The van der Waals surface area contributed by atoms with E-state index >= 15 is 0 Å². The third-order valence-corrected chi connectivity index (χ3v) is 5.92. The highest BCUT2D eigenvalue weighted by atomic mass is 32.2. The van der Waals surface area contributed by atoms with Gasteiger partial charge >= 0.3 is 0 Å². The zero-order chi connectivity index (χ0) is 21.3. The average molecular weight is 436 g/mol. The van der Waals surface area contributed by atoms with Crippen LogP contribution in [0.2, 0.25) is 0 Å². The van der Waals surface area contributed by atoms with E-state index in [2.05, 4.69) is 20.4 Å². The van der Waals surface area contributed by atoms with Crippen molar-refractivity contribution in [2.75, 3.05) is 59.4 Å². The molecule has 0 spiro atoms. The van der Waals surface area contributed by atoms with Crippen LogP contribution in [0.5, 0.6) is 11.5 Å². The lowest BCUT2D eigenvalue weighted by Gasteiger charge is -2.26. The Kier molecular flexibility index (Phi) is 8.35. The van der Waals surface area contributed by atoms with E-state index in [1.165, 1.54) is 0 Å². The van der Waals surface area contributed by atoms with Crippen molar-refractivity contribution < 1.29 is 19.0 Å². The number of ether oxygens (including phenoxy) is 3. The van der Waals surface area contributed by atoms with Crippen molar-refractivity contribution in [1.29, 1.82) is 0 Å². The Morgan fingerprint density at radius 3 is 2.53 bits per heavy atom. The number of hydrogen-bond donors (Lipinski definition) is 1. The van der Waals surface area contributed by atoms with Gasteiger partial charge in [0.25, 0.3) is 5.91 Å². The van der Waals surface area contributed by atoms with E-state index in [1.807, 2.05) is 11.6 Å². The Morgan fingerprint density at radius 2 is 1.87 bits per heavy atom. The number of hydrogen-bond acceptors (Lipinski definition) is 8. The van der Waals surface area contributed by atoms with Gasteiger partial charge in [-0.2, -0.15) is 0 Å². The quantitative estimate of drug-likeness (QED) is 0.558. The number of carbonyl (C=O) groups excluding carboxylic acids is 1. The number of morpholine rings is 1. The predicted octanol–water partition coefficient (Wildman–Crippen LogP) is 1.23. The summed E-state index contributed by atoms with van der Waals surface area (Å²) >= 11 is 1.70. The second-order valence-electron chi connectivity index (χ2n) is 6.87. The zero-order valence-corrected chi connectivity index (χ0v) is 18.5. The first-order chi connectivity index (χ1) is 14.6. The number of methoxy groups -OCH3 is 2. The fourth-order valence-electron chi connectivity index (χ4n) is 3.11. The molecule has 3 rings (SSSR count). The van der Waals surface area contributed by atoms with Gasteiger partial charge in [0.1, 0.15) is 17.3 Å². The molecule has 0 aliphatic carbocycles. The SMILES string of the molecule is COc1cc(OC)cc(C(=O)NCCc2nnc(SCCN3CCOCC3)n2C)c1. The molecule has 1 fully saturated rings. The van der Waals surface area contributed by atoms with Crippen LogP contribution in [-0.2, 0) is 18.2 Å². The second kappa shape index (κ2) is 11.2. The summed E-state index contributed by atoms with van der Waals surface area (Å²) in [5, 5.41) is 12.4. The Hall–Kier alpha value is -2.30. The molecule has 30 heavy (non-hydrogen) atoms. The molecule has 1 aromatic carbocycles. The number of amides is 1. The Morgan fingerprint density at radius 1 is 1.17 bits per heavy atom. The van der Waals surface area contributed by atoms with E-state index in [9.17, 15) is 4.79 Å². The van der Waals surface area contributed by atoms with Gasteiger partial charge in [0, 0.05) is 57.0 Å². The summed E-state index contributed by atoms with van der Waals surface area (Å²) in [6, 6.07) is 5.10. The summed E-state index contributed by atoms with van der Waals surface area (Å²) in [5.41, 5.74) is 0.489. The summed E-state index contributed by atoms with van der Waals surface area (Å²) in [5.74, 6) is 2.76. The van der Waals surface area contributed by atoms with Crippen molar-refractivity contribution in [3.63, 3.8) is 0 Å². The molecular formula is C20H29N5O4S. The summed E-state index contributed by atoms with van der Waals surface area (Å²) in [6.07, 6.45) is 0.598. The molecule has 10 heteroatoms. The highest BCUT2D eigenvalue weighted by molar-refractivity contribution is 7.99. The van der Waals surface area contributed by atoms with Crippen LogP contribution < -0.4 is 14.8 Å². The minimum absolute atomic E-state index is 0.186. The van der Waals surface area contributed by atoms with Gasteiger partial charge in [-0.1, -0.05) is 11.8 Å². The minimum Gasteiger partial charge on any atom is -0.497 e. The van der Waals surface area contributed by atoms with Gasteiger partial charge < -0.3 is 24.1 Å². The molecular weight excluding hydrogens is 406 g/mol. The standard InChI is InChI=1S/C20H29N5O4S/c1-24-18(22-23-20(24)30-11-8-25-6-9-29-10-7-25)4-5-21-19(26)15-12-16(27-2)14-17(13-15)28-3/h12-14H,4-11H2,1-3H3,(H,21,26). The van der Waals surface area contributed by atoms with E-state index in [-0.39, 0.29) is 5.91 Å². The number of nitrogens with zero attached hydrogens (tertiary/aromatic N) is 4. The maximum atomic E-state index is 12.5. The third-order valence-electron chi connectivity index (χ3n) is 4.92. The molecule has 0 atom stereocenters. The summed E-state index contributed by atoms with van der Waals surface area (Å²) < 4.78 is 17.8. The Balaban J connectivity index is 1.46. The molecule has 0 unspecified atom stereocenters. The van der Waals surface area contributed by atoms with Crippen LogP contribution in [0.1, 0.15) is 16.2 Å². The van der Waals surface area contributed by atoms with Crippen LogP contribution >= 0.6 is 11.8 Å². The van der Waals surface area contributed by atoms with E-state index in [0.717, 1.165) is 49.6 Å². The monoisotopic (exact) mass is 435 g/mol. The first-order valence-corrected chi connectivity index (χ1v) is 10.9. The first kappa shape index (κ1) is 22.4. The molecule has 2 heterocycles. The van der Waals surface area contributed by atoms with Crippen molar-refractivity contribution in [1.82, 2.24) is 25.0 Å². The van der Waals surface area contributed by atoms with Crippen LogP contribution in [-0.4, -0.2) is 84.9 Å². The van der Waals surface area contributed by atoms with Crippen molar-refractivity contribution >= 4 is 17.7 Å². The van der Waals surface area contributed by atoms with E-state index in [4.69, 9.17) is 14.2 Å². The predicted molar refractivity (Wildman–Crippen MR) is 115 cm³/mol. The lowest BCUT2D eigenvalue weighted by atomic mass is 10.2. The Bertz CT molecular complexity index is 816. The molecule has 1 aliphatic rings. The van der Waals surface area contributed by atoms with E-state index < -0.39 is 0 Å². The molecule has 9 nitrogen and oxygen atoms in total. The maximum absolute atomic E-state index is 12.5. The number of carbonyl (C=O) groups is 1. The molecule has 0 bridgehead atoms. The van der Waals surface area contributed by atoms with Gasteiger partial charge in [-0.05, 0) is 12.1 Å². The average Bonchev–Trinajstić information content (AvgIpc) is 3.13. The lowest BCUT2D eigenvalue weighted by molar-refractivity contribution is 0.0410. The first-order valence-electron chi connectivity index (χ1n) is 9.93. The van der Waals surface area contributed by atoms with Crippen LogP contribution in [0.25, 0.3) is 0 Å². The van der Waals surface area contributed by atoms with Gasteiger partial charge in [0.2, 0.25) is 0 Å². The van der Waals surface area contributed by atoms with Crippen LogP contribution in [0.3, 0.4) is 0 Å². The number of aromatic nitrogens is 3. The summed E-state index contributed by atoms with van der Waals surface area (Å²) in [4.78, 5) is 14.9. The Labute approximate surface area is 181 Å². The highest BCUT2D eigenvalue weighted by Crippen LogP contribution is 2.22. The molecule has 0 radical (unpaired) electrons. The summed E-state index contributed by atoms with van der Waals surface area (Å²) in [7, 11) is 5.07. The van der Waals surface area contributed by atoms with Crippen LogP contribution in [0.4, 0.5) is 0 Å². The zero-order valence-electron chi connectivity index (χ0n) is 17.7. The molecule has 1 amide bonds. The molecule has 1 saturated heterocycles. The fourth-order valence-corrected chi connectivity index (χ4v) is 4.04. The lowest BCUT2D eigenvalue weighted by Crippen LogP contribution is -2.37. The molecule has 1 N–H and O–H groups in total. The fraction of sp³-hybridized carbons (Fsp3) is 0.550.